The van der Waals surface area contributed by atoms with Gasteiger partial charge in [-0.3, -0.25) is 14.2 Å². The second-order valence-corrected chi connectivity index (χ2v) is 8.63. The van der Waals surface area contributed by atoms with E-state index in [9.17, 15) is 9.59 Å². The van der Waals surface area contributed by atoms with E-state index in [1.54, 1.807) is 47.9 Å². The molecule has 0 radical (unpaired) electrons. The SMILES string of the molecule is Cc1ccc(-n2c(S[C@H](C)C(=O)Nc3ccc(C#N)cc3)nc3ccccc3c2=O)cc1. The number of amides is 1. The number of fused-ring (bicyclic) bond motifs is 1. The summed E-state index contributed by atoms with van der Waals surface area (Å²) >= 11 is 1.22. The van der Waals surface area contributed by atoms with Gasteiger partial charge >= 0.3 is 0 Å². The monoisotopic (exact) mass is 440 g/mol. The van der Waals surface area contributed by atoms with Gasteiger partial charge in [0, 0.05) is 5.69 Å². The van der Waals surface area contributed by atoms with Crippen molar-refractivity contribution in [3.05, 3.63) is 94.3 Å². The zero-order valence-electron chi connectivity index (χ0n) is 17.6. The third kappa shape index (κ3) is 4.41. The molecule has 7 heteroatoms. The maximum Gasteiger partial charge on any atom is 0.266 e. The Morgan fingerprint density at radius 1 is 1.06 bits per heavy atom. The van der Waals surface area contributed by atoms with Crippen molar-refractivity contribution in [3.63, 3.8) is 0 Å². The molecule has 0 saturated heterocycles. The van der Waals surface area contributed by atoms with Crippen molar-refractivity contribution in [1.82, 2.24) is 9.55 Å². The van der Waals surface area contributed by atoms with Crippen LogP contribution in [0.15, 0.2) is 82.7 Å². The van der Waals surface area contributed by atoms with Gasteiger partial charge in [-0.25, -0.2) is 4.98 Å². The number of nitriles is 1. The fourth-order valence-electron chi connectivity index (χ4n) is 3.20. The first-order valence-corrected chi connectivity index (χ1v) is 10.9. The molecule has 0 aliphatic carbocycles. The fourth-order valence-corrected chi connectivity index (χ4v) is 4.12. The Labute approximate surface area is 189 Å². The third-order valence-electron chi connectivity index (χ3n) is 4.97. The number of hydrogen-bond acceptors (Lipinski definition) is 5. The number of aryl methyl sites for hydroxylation is 1. The first kappa shape index (κ1) is 21.3. The minimum atomic E-state index is -0.518. The lowest BCUT2D eigenvalue weighted by molar-refractivity contribution is -0.115. The minimum Gasteiger partial charge on any atom is -0.325 e. The van der Waals surface area contributed by atoms with E-state index in [1.165, 1.54) is 11.8 Å². The second kappa shape index (κ2) is 9.08. The van der Waals surface area contributed by atoms with Crippen molar-refractivity contribution < 1.29 is 4.79 Å². The Morgan fingerprint density at radius 2 is 1.75 bits per heavy atom. The molecule has 4 rings (SSSR count). The van der Waals surface area contributed by atoms with Gasteiger partial charge in [0.05, 0.1) is 33.5 Å². The van der Waals surface area contributed by atoms with Gasteiger partial charge in [-0.15, -0.1) is 0 Å². The van der Waals surface area contributed by atoms with E-state index in [0.29, 0.717) is 33.0 Å². The lowest BCUT2D eigenvalue weighted by Gasteiger charge is -2.16. The smallest absolute Gasteiger partial charge is 0.266 e. The highest BCUT2D eigenvalue weighted by Gasteiger charge is 2.20. The summed E-state index contributed by atoms with van der Waals surface area (Å²) in [6.45, 7) is 3.75. The van der Waals surface area contributed by atoms with E-state index >= 15 is 0 Å². The van der Waals surface area contributed by atoms with Crippen LogP contribution in [0.1, 0.15) is 18.1 Å². The maximum absolute atomic E-state index is 13.3. The average molecular weight is 441 g/mol. The van der Waals surface area contributed by atoms with Crippen LogP contribution >= 0.6 is 11.8 Å². The van der Waals surface area contributed by atoms with Crippen LogP contribution in [0.3, 0.4) is 0 Å². The topological polar surface area (TPSA) is 87.8 Å². The summed E-state index contributed by atoms with van der Waals surface area (Å²) in [5.74, 6) is -0.224. The van der Waals surface area contributed by atoms with E-state index in [-0.39, 0.29) is 11.5 Å². The van der Waals surface area contributed by atoms with E-state index in [2.05, 4.69) is 11.4 Å². The van der Waals surface area contributed by atoms with Crippen LogP contribution in [0.4, 0.5) is 5.69 Å². The Balaban J connectivity index is 1.68. The van der Waals surface area contributed by atoms with Gasteiger partial charge in [-0.05, 0) is 62.4 Å². The van der Waals surface area contributed by atoms with E-state index in [4.69, 9.17) is 10.2 Å². The average Bonchev–Trinajstić information content (AvgIpc) is 2.80. The summed E-state index contributed by atoms with van der Waals surface area (Å²) in [4.78, 5) is 30.8. The van der Waals surface area contributed by atoms with Crippen molar-refractivity contribution in [1.29, 1.82) is 5.26 Å². The summed E-state index contributed by atoms with van der Waals surface area (Å²) < 4.78 is 1.55. The normalized spacial score (nSPS) is 11.7. The Kier molecular flexibility index (Phi) is 6.06. The molecule has 32 heavy (non-hydrogen) atoms. The molecule has 0 fully saturated rings. The van der Waals surface area contributed by atoms with Crippen LogP contribution in [-0.2, 0) is 4.79 Å². The molecule has 0 unspecified atom stereocenters. The zero-order chi connectivity index (χ0) is 22.7. The van der Waals surface area contributed by atoms with E-state index in [1.807, 2.05) is 43.3 Å². The van der Waals surface area contributed by atoms with Crippen LogP contribution in [0, 0.1) is 18.3 Å². The molecule has 158 valence electrons. The van der Waals surface area contributed by atoms with Crippen LogP contribution in [0.25, 0.3) is 16.6 Å². The van der Waals surface area contributed by atoms with Crippen LogP contribution < -0.4 is 10.9 Å². The van der Waals surface area contributed by atoms with Crippen LogP contribution in [0.2, 0.25) is 0 Å². The molecule has 1 atom stereocenters. The molecule has 6 nitrogen and oxygen atoms in total. The van der Waals surface area contributed by atoms with Crippen molar-refractivity contribution in [2.75, 3.05) is 5.32 Å². The van der Waals surface area contributed by atoms with Gasteiger partial charge in [-0.1, -0.05) is 41.6 Å². The number of hydrogen-bond donors (Lipinski definition) is 1. The predicted octanol–water partition coefficient (Wildman–Crippen LogP) is 4.69. The number of carbonyl (C=O) groups is 1. The fraction of sp³-hybridized carbons (Fsp3) is 0.120. The van der Waals surface area contributed by atoms with Gasteiger partial charge in [-0.2, -0.15) is 5.26 Å². The Morgan fingerprint density at radius 3 is 2.44 bits per heavy atom. The standard InChI is InChI=1S/C25H20N4O2S/c1-16-7-13-20(14-8-16)29-24(31)21-5-3-4-6-22(21)28-25(29)32-17(2)23(30)27-19-11-9-18(15-26)10-12-19/h3-14,17H,1-2H3,(H,27,30)/t17-/m1/s1. The molecular formula is C25H20N4O2S. The summed E-state index contributed by atoms with van der Waals surface area (Å²) in [6.07, 6.45) is 0. The Hall–Kier alpha value is -3.89. The van der Waals surface area contributed by atoms with Crippen molar-refractivity contribution in [2.45, 2.75) is 24.3 Å². The van der Waals surface area contributed by atoms with E-state index < -0.39 is 5.25 Å². The third-order valence-corrected chi connectivity index (χ3v) is 6.02. The summed E-state index contributed by atoms with van der Waals surface area (Å²) in [5.41, 5.74) is 3.31. The summed E-state index contributed by atoms with van der Waals surface area (Å²) in [6, 6.07) is 23.5. The van der Waals surface area contributed by atoms with Crippen molar-refractivity contribution >= 4 is 34.3 Å². The second-order valence-electron chi connectivity index (χ2n) is 7.33. The van der Waals surface area contributed by atoms with Crippen LogP contribution in [-0.4, -0.2) is 20.7 Å². The first-order valence-electron chi connectivity index (χ1n) is 10.0. The largest absolute Gasteiger partial charge is 0.325 e. The first-order chi connectivity index (χ1) is 15.5. The zero-order valence-corrected chi connectivity index (χ0v) is 18.4. The number of carbonyl (C=O) groups excluding carboxylic acids is 1. The highest BCUT2D eigenvalue weighted by atomic mass is 32.2. The number of nitrogens with one attached hydrogen (secondary N) is 1. The number of rotatable bonds is 5. The van der Waals surface area contributed by atoms with Gasteiger partial charge < -0.3 is 5.32 Å². The van der Waals surface area contributed by atoms with Crippen molar-refractivity contribution in [3.8, 4) is 11.8 Å². The number of anilines is 1. The quantitative estimate of drug-likeness (QED) is 0.359. The molecule has 3 aromatic carbocycles. The molecule has 1 N–H and O–H groups in total. The van der Waals surface area contributed by atoms with Gasteiger partial charge in [0.2, 0.25) is 5.91 Å². The summed E-state index contributed by atoms with van der Waals surface area (Å²) in [7, 11) is 0. The lowest BCUT2D eigenvalue weighted by atomic mass is 10.2. The maximum atomic E-state index is 13.3. The molecule has 0 aliphatic heterocycles. The van der Waals surface area contributed by atoms with E-state index in [0.717, 1.165) is 5.56 Å². The van der Waals surface area contributed by atoms with Gasteiger partial charge in [0.25, 0.3) is 5.56 Å². The molecule has 1 aromatic heterocycles. The molecule has 0 aliphatic rings. The van der Waals surface area contributed by atoms with Gasteiger partial charge in [0.15, 0.2) is 5.16 Å². The molecule has 1 amide bonds. The molecule has 0 bridgehead atoms. The predicted molar refractivity (Wildman–Crippen MR) is 127 cm³/mol. The number of benzene rings is 3. The molecule has 1 heterocycles. The number of nitrogens with zero attached hydrogens (tertiary/aromatic N) is 3. The van der Waals surface area contributed by atoms with Crippen molar-refractivity contribution in [2.24, 2.45) is 0 Å². The Bertz CT molecular complexity index is 1390. The lowest BCUT2D eigenvalue weighted by Crippen LogP contribution is -2.26. The number of thioether (sulfide) groups is 1. The highest BCUT2D eigenvalue weighted by molar-refractivity contribution is 8.00. The van der Waals surface area contributed by atoms with Gasteiger partial charge in [0.1, 0.15) is 0 Å². The molecule has 4 aromatic rings. The molecule has 0 saturated carbocycles. The number of aromatic nitrogens is 2. The van der Waals surface area contributed by atoms with Crippen LogP contribution in [0.5, 0.6) is 0 Å². The summed E-state index contributed by atoms with van der Waals surface area (Å²) in [5, 5.41) is 12.2. The molecule has 0 spiro atoms. The minimum absolute atomic E-state index is 0.179. The molecular weight excluding hydrogens is 420 g/mol. The highest BCUT2D eigenvalue weighted by Crippen LogP contribution is 2.26. The number of para-hydroxylation sites is 1.